The number of nitrogens with one attached hydrogen (secondary N) is 1. The highest BCUT2D eigenvalue weighted by Gasteiger charge is 2.20. The second-order valence-corrected chi connectivity index (χ2v) is 5.26. The first-order chi connectivity index (χ1) is 8.79. The van der Waals surface area contributed by atoms with Crippen molar-refractivity contribution in [3.05, 3.63) is 35.4 Å². The number of rotatable bonds is 6. The Bertz CT molecular complexity index is 358. The van der Waals surface area contributed by atoms with Crippen LogP contribution in [0, 0.1) is 6.92 Å². The zero-order valence-electron chi connectivity index (χ0n) is 11.6. The van der Waals surface area contributed by atoms with Crippen molar-refractivity contribution < 1.29 is 4.74 Å². The number of benzene rings is 1. The fraction of sp³-hybridized carbons (Fsp3) is 0.625. The first kappa shape index (κ1) is 13.6. The largest absolute Gasteiger partial charge is 0.378 e. The summed E-state index contributed by atoms with van der Waals surface area (Å²) in [5.41, 5.74) is 2.86. The molecule has 0 spiro atoms. The molecule has 1 aromatic carbocycles. The lowest BCUT2D eigenvalue weighted by Gasteiger charge is -2.22. The third-order valence-electron chi connectivity index (χ3n) is 3.79. The predicted molar refractivity (Wildman–Crippen MR) is 75.9 cm³/mol. The summed E-state index contributed by atoms with van der Waals surface area (Å²) in [6.07, 6.45) is 5.18. The van der Waals surface area contributed by atoms with Gasteiger partial charge in [0.15, 0.2) is 0 Å². The summed E-state index contributed by atoms with van der Waals surface area (Å²) in [5.74, 6) is 0. The van der Waals surface area contributed by atoms with Crippen molar-refractivity contribution in [2.24, 2.45) is 0 Å². The highest BCUT2D eigenvalue weighted by Crippen LogP contribution is 2.19. The van der Waals surface area contributed by atoms with E-state index in [1.54, 1.807) is 0 Å². The van der Waals surface area contributed by atoms with E-state index in [1.807, 2.05) is 0 Å². The molecular formula is C16H25NO. The lowest BCUT2D eigenvalue weighted by Crippen LogP contribution is -2.34. The van der Waals surface area contributed by atoms with Crippen molar-refractivity contribution in [3.8, 4) is 0 Å². The minimum Gasteiger partial charge on any atom is -0.378 e. The van der Waals surface area contributed by atoms with Crippen LogP contribution >= 0.6 is 0 Å². The summed E-state index contributed by atoms with van der Waals surface area (Å²) in [4.78, 5) is 0. The number of likely N-dealkylation sites (N-methyl/N-ethyl adjacent to an activating group) is 1. The van der Waals surface area contributed by atoms with Crippen molar-refractivity contribution in [2.45, 2.75) is 51.7 Å². The van der Waals surface area contributed by atoms with E-state index in [4.69, 9.17) is 4.74 Å². The van der Waals surface area contributed by atoms with Crippen molar-refractivity contribution in [1.82, 2.24) is 5.32 Å². The fourth-order valence-electron chi connectivity index (χ4n) is 2.78. The smallest absolute Gasteiger partial charge is 0.0590 e. The number of hydrogen-bond acceptors (Lipinski definition) is 2. The average Bonchev–Trinajstić information content (AvgIpc) is 2.85. The molecule has 1 fully saturated rings. The highest BCUT2D eigenvalue weighted by molar-refractivity contribution is 5.26. The molecule has 2 atom stereocenters. The van der Waals surface area contributed by atoms with Crippen LogP contribution in [0.1, 0.15) is 37.3 Å². The van der Waals surface area contributed by atoms with Gasteiger partial charge in [0.1, 0.15) is 0 Å². The molecule has 2 nitrogen and oxygen atoms in total. The van der Waals surface area contributed by atoms with Crippen LogP contribution in [0.2, 0.25) is 0 Å². The van der Waals surface area contributed by atoms with Crippen molar-refractivity contribution >= 4 is 0 Å². The molecule has 0 radical (unpaired) electrons. The zero-order chi connectivity index (χ0) is 12.8. The maximum absolute atomic E-state index is 5.76. The molecule has 2 heteroatoms. The molecule has 18 heavy (non-hydrogen) atoms. The Labute approximate surface area is 111 Å². The van der Waals surface area contributed by atoms with E-state index < -0.39 is 0 Å². The molecule has 1 heterocycles. The molecule has 100 valence electrons. The summed E-state index contributed by atoms with van der Waals surface area (Å²) in [6, 6.07) is 9.23. The lowest BCUT2D eigenvalue weighted by molar-refractivity contribution is 0.0947. The molecule has 0 aromatic heterocycles. The molecule has 0 aliphatic carbocycles. The van der Waals surface area contributed by atoms with Gasteiger partial charge in [0.25, 0.3) is 0 Å². The van der Waals surface area contributed by atoms with E-state index in [2.05, 4.69) is 43.4 Å². The summed E-state index contributed by atoms with van der Waals surface area (Å²) in [5, 5.41) is 3.61. The van der Waals surface area contributed by atoms with Gasteiger partial charge in [0.2, 0.25) is 0 Å². The third-order valence-corrected chi connectivity index (χ3v) is 3.79. The van der Waals surface area contributed by atoms with Gasteiger partial charge >= 0.3 is 0 Å². The van der Waals surface area contributed by atoms with E-state index in [-0.39, 0.29) is 0 Å². The Morgan fingerprint density at radius 3 is 2.89 bits per heavy atom. The van der Waals surface area contributed by atoms with Gasteiger partial charge in [-0.3, -0.25) is 0 Å². The second-order valence-electron chi connectivity index (χ2n) is 5.26. The van der Waals surface area contributed by atoms with Crippen molar-refractivity contribution in [1.29, 1.82) is 0 Å². The minimum absolute atomic E-state index is 0.470. The Balaban J connectivity index is 1.94. The SMILES string of the molecule is CCNC(Cc1ccccc1C)CC1CCCO1. The maximum atomic E-state index is 5.76. The lowest BCUT2D eigenvalue weighted by atomic mass is 9.96. The summed E-state index contributed by atoms with van der Waals surface area (Å²) in [6.45, 7) is 6.36. The van der Waals surface area contributed by atoms with Crippen LogP contribution in [-0.2, 0) is 11.2 Å². The molecule has 0 amide bonds. The summed E-state index contributed by atoms with van der Waals surface area (Å²) in [7, 11) is 0. The predicted octanol–water partition coefficient (Wildman–Crippen LogP) is 3.08. The van der Waals surface area contributed by atoms with E-state index >= 15 is 0 Å². The number of aryl methyl sites for hydroxylation is 1. The van der Waals surface area contributed by atoms with Gasteiger partial charge in [-0.05, 0) is 50.3 Å². The molecule has 0 saturated carbocycles. The van der Waals surface area contributed by atoms with Gasteiger partial charge in [-0.25, -0.2) is 0 Å². The summed E-state index contributed by atoms with van der Waals surface area (Å²) < 4.78 is 5.76. The van der Waals surface area contributed by atoms with Crippen LogP contribution < -0.4 is 5.32 Å². The Hall–Kier alpha value is -0.860. The maximum Gasteiger partial charge on any atom is 0.0590 e. The van der Waals surface area contributed by atoms with Crippen LogP contribution in [0.3, 0.4) is 0 Å². The van der Waals surface area contributed by atoms with Gasteiger partial charge in [-0.2, -0.15) is 0 Å². The first-order valence-corrected chi connectivity index (χ1v) is 7.19. The number of hydrogen-bond donors (Lipinski definition) is 1. The topological polar surface area (TPSA) is 21.3 Å². The molecule has 1 aliphatic heterocycles. The van der Waals surface area contributed by atoms with Gasteiger partial charge < -0.3 is 10.1 Å². The van der Waals surface area contributed by atoms with Crippen LogP contribution in [0.15, 0.2) is 24.3 Å². The van der Waals surface area contributed by atoms with Crippen molar-refractivity contribution in [2.75, 3.05) is 13.2 Å². The molecule has 1 aromatic rings. The van der Waals surface area contributed by atoms with Crippen LogP contribution in [-0.4, -0.2) is 25.3 Å². The monoisotopic (exact) mass is 247 g/mol. The van der Waals surface area contributed by atoms with E-state index in [9.17, 15) is 0 Å². The molecule has 1 aliphatic rings. The average molecular weight is 247 g/mol. The van der Waals surface area contributed by atoms with E-state index in [0.717, 1.165) is 26.0 Å². The van der Waals surface area contributed by atoms with Gasteiger partial charge in [-0.15, -0.1) is 0 Å². The molecule has 1 saturated heterocycles. The Morgan fingerprint density at radius 2 is 2.22 bits per heavy atom. The summed E-state index contributed by atoms with van der Waals surface area (Å²) >= 11 is 0. The van der Waals surface area contributed by atoms with Gasteiger partial charge in [0, 0.05) is 12.6 Å². The quantitative estimate of drug-likeness (QED) is 0.834. The van der Waals surface area contributed by atoms with Crippen LogP contribution in [0.4, 0.5) is 0 Å². The third kappa shape index (κ3) is 3.82. The number of ether oxygens (including phenoxy) is 1. The van der Waals surface area contributed by atoms with Gasteiger partial charge in [0.05, 0.1) is 6.10 Å². The van der Waals surface area contributed by atoms with E-state index in [0.29, 0.717) is 12.1 Å². The zero-order valence-corrected chi connectivity index (χ0v) is 11.6. The molecule has 0 bridgehead atoms. The van der Waals surface area contributed by atoms with E-state index in [1.165, 1.54) is 24.0 Å². The minimum atomic E-state index is 0.470. The fourth-order valence-corrected chi connectivity index (χ4v) is 2.78. The second kappa shape index (κ2) is 6.91. The highest BCUT2D eigenvalue weighted by atomic mass is 16.5. The molecular weight excluding hydrogens is 222 g/mol. The Kier molecular flexibility index (Phi) is 5.21. The standard InChI is InChI=1S/C16H25NO/c1-3-17-15(12-16-9-6-10-18-16)11-14-8-5-4-7-13(14)2/h4-5,7-8,15-17H,3,6,9-12H2,1-2H3. The van der Waals surface area contributed by atoms with Crippen molar-refractivity contribution in [3.63, 3.8) is 0 Å². The normalized spacial score (nSPS) is 21.1. The Morgan fingerprint density at radius 1 is 1.39 bits per heavy atom. The molecule has 2 unspecified atom stereocenters. The molecule has 2 rings (SSSR count). The van der Waals surface area contributed by atoms with Crippen LogP contribution in [0.25, 0.3) is 0 Å². The first-order valence-electron chi connectivity index (χ1n) is 7.19. The van der Waals surface area contributed by atoms with Crippen LogP contribution in [0.5, 0.6) is 0 Å². The molecule has 1 N–H and O–H groups in total. The van der Waals surface area contributed by atoms with Gasteiger partial charge in [-0.1, -0.05) is 31.2 Å².